The summed E-state index contributed by atoms with van der Waals surface area (Å²) in [5.41, 5.74) is 0. The zero-order valence-electron chi connectivity index (χ0n) is 12.3. The molecule has 0 saturated carbocycles. The molecule has 1 saturated heterocycles. The number of benzene rings is 1. The molecule has 20 heavy (non-hydrogen) atoms. The summed E-state index contributed by atoms with van der Waals surface area (Å²) in [6.07, 6.45) is 2.09. The molecule has 0 aromatic heterocycles. The topological polar surface area (TPSA) is 32.8 Å². The van der Waals surface area contributed by atoms with E-state index in [9.17, 15) is 4.79 Å². The molecule has 0 aliphatic carbocycles. The number of hydrogen-bond acceptors (Lipinski definition) is 3. The van der Waals surface area contributed by atoms with E-state index in [4.69, 9.17) is 4.74 Å². The van der Waals surface area contributed by atoms with Crippen LogP contribution in [0.3, 0.4) is 0 Å². The van der Waals surface area contributed by atoms with Crippen LogP contribution < -0.4 is 4.74 Å². The summed E-state index contributed by atoms with van der Waals surface area (Å²) in [7, 11) is 0. The van der Waals surface area contributed by atoms with Gasteiger partial charge in [-0.2, -0.15) is 0 Å². The van der Waals surface area contributed by atoms with E-state index in [2.05, 4.69) is 4.90 Å². The van der Waals surface area contributed by atoms with E-state index in [1.807, 2.05) is 35.2 Å². The van der Waals surface area contributed by atoms with Crippen molar-refractivity contribution in [3.8, 4) is 5.75 Å². The summed E-state index contributed by atoms with van der Waals surface area (Å²) >= 11 is 0. The summed E-state index contributed by atoms with van der Waals surface area (Å²) in [6.45, 7) is 7.25. The quantitative estimate of drug-likeness (QED) is 0.771. The molecule has 1 fully saturated rings. The van der Waals surface area contributed by atoms with E-state index in [1.54, 1.807) is 6.92 Å². The standard InChI is InChI=1S/C16H24N2O2/c1-15(19)18-11-5-9-17(12-13-18)10-6-14-20-16-7-3-2-4-8-16/h2-4,7-8H,5-6,9-14H2,1H3. The Morgan fingerprint density at radius 3 is 2.70 bits per heavy atom. The molecular weight excluding hydrogens is 252 g/mol. The van der Waals surface area contributed by atoms with Gasteiger partial charge in [-0.15, -0.1) is 0 Å². The highest BCUT2D eigenvalue weighted by atomic mass is 16.5. The van der Waals surface area contributed by atoms with Gasteiger partial charge in [0.15, 0.2) is 0 Å². The molecule has 0 unspecified atom stereocenters. The number of carbonyl (C=O) groups excluding carboxylic acids is 1. The Bertz CT molecular complexity index is 408. The first kappa shape index (κ1) is 14.9. The highest BCUT2D eigenvalue weighted by molar-refractivity contribution is 5.73. The van der Waals surface area contributed by atoms with Crippen LogP contribution >= 0.6 is 0 Å². The third-order valence-corrected chi connectivity index (χ3v) is 3.66. The van der Waals surface area contributed by atoms with E-state index >= 15 is 0 Å². The lowest BCUT2D eigenvalue weighted by atomic mass is 10.3. The zero-order valence-corrected chi connectivity index (χ0v) is 12.3. The second kappa shape index (κ2) is 7.90. The molecule has 1 aromatic rings. The molecule has 4 nitrogen and oxygen atoms in total. The van der Waals surface area contributed by atoms with Crippen LogP contribution in [0.2, 0.25) is 0 Å². The molecule has 1 heterocycles. The van der Waals surface area contributed by atoms with Gasteiger partial charge in [-0.1, -0.05) is 18.2 Å². The summed E-state index contributed by atoms with van der Waals surface area (Å²) < 4.78 is 5.70. The lowest BCUT2D eigenvalue weighted by molar-refractivity contribution is -0.128. The second-order valence-corrected chi connectivity index (χ2v) is 5.22. The molecule has 1 aromatic carbocycles. The van der Waals surface area contributed by atoms with Gasteiger partial charge in [0.05, 0.1) is 6.61 Å². The smallest absolute Gasteiger partial charge is 0.219 e. The Labute approximate surface area is 121 Å². The molecule has 0 N–H and O–H groups in total. The largest absolute Gasteiger partial charge is 0.494 e. The minimum absolute atomic E-state index is 0.194. The van der Waals surface area contributed by atoms with E-state index in [0.717, 1.165) is 57.9 Å². The maximum Gasteiger partial charge on any atom is 0.219 e. The van der Waals surface area contributed by atoms with Crippen molar-refractivity contribution in [1.82, 2.24) is 9.80 Å². The van der Waals surface area contributed by atoms with Crippen molar-refractivity contribution in [2.45, 2.75) is 19.8 Å². The summed E-state index contributed by atoms with van der Waals surface area (Å²) in [4.78, 5) is 15.7. The first-order valence-corrected chi connectivity index (χ1v) is 7.41. The number of ether oxygens (including phenoxy) is 1. The maximum atomic E-state index is 11.4. The Hall–Kier alpha value is -1.55. The highest BCUT2D eigenvalue weighted by Gasteiger charge is 2.15. The SMILES string of the molecule is CC(=O)N1CCCN(CCCOc2ccccc2)CC1. The molecule has 110 valence electrons. The number of nitrogens with zero attached hydrogens (tertiary/aromatic N) is 2. The van der Waals surface area contributed by atoms with E-state index in [1.165, 1.54) is 0 Å². The lowest BCUT2D eigenvalue weighted by Crippen LogP contribution is -2.34. The third kappa shape index (κ3) is 4.85. The molecule has 1 aliphatic rings. The first-order chi connectivity index (χ1) is 9.75. The van der Waals surface area contributed by atoms with Gasteiger partial charge in [0.2, 0.25) is 5.91 Å². The maximum absolute atomic E-state index is 11.4. The van der Waals surface area contributed by atoms with Crippen molar-refractivity contribution < 1.29 is 9.53 Å². The normalized spacial score (nSPS) is 16.8. The average Bonchev–Trinajstić information content (AvgIpc) is 2.70. The molecule has 0 spiro atoms. The Morgan fingerprint density at radius 1 is 1.15 bits per heavy atom. The zero-order chi connectivity index (χ0) is 14.2. The van der Waals surface area contributed by atoms with Gasteiger partial charge >= 0.3 is 0 Å². The van der Waals surface area contributed by atoms with Gasteiger partial charge < -0.3 is 14.5 Å². The fourth-order valence-electron chi connectivity index (χ4n) is 2.50. The van der Waals surface area contributed by atoms with Crippen LogP contribution in [0.4, 0.5) is 0 Å². The fourth-order valence-corrected chi connectivity index (χ4v) is 2.50. The van der Waals surface area contributed by atoms with Crippen LogP contribution in [0.5, 0.6) is 5.75 Å². The number of amides is 1. The first-order valence-electron chi connectivity index (χ1n) is 7.41. The van der Waals surface area contributed by atoms with Gasteiger partial charge in [0.25, 0.3) is 0 Å². The number of carbonyl (C=O) groups is 1. The van der Waals surface area contributed by atoms with Crippen LogP contribution in [0.15, 0.2) is 30.3 Å². The number of hydrogen-bond donors (Lipinski definition) is 0. The van der Waals surface area contributed by atoms with E-state index in [0.29, 0.717) is 0 Å². The molecule has 0 bridgehead atoms. The second-order valence-electron chi connectivity index (χ2n) is 5.22. The molecule has 0 radical (unpaired) electrons. The Balaban J connectivity index is 1.63. The minimum atomic E-state index is 0.194. The van der Waals surface area contributed by atoms with Gasteiger partial charge in [-0.3, -0.25) is 4.79 Å². The van der Waals surface area contributed by atoms with E-state index in [-0.39, 0.29) is 5.91 Å². The van der Waals surface area contributed by atoms with Crippen LogP contribution in [0, 0.1) is 0 Å². The average molecular weight is 276 g/mol. The van der Waals surface area contributed by atoms with Crippen molar-refractivity contribution in [3.05, 3.63) is 30.3 Å². The molecule has 1 amide bonds. The van der Waals surface area contributed by atoms with Gasteiger partial charge in [-0.25, -0.2) is 0 Å². The molecule has 2 rings (SSSR count). The van der Waals surface area contributed by atoms with Crippen molar-refractivity contribution in [2.75, 3.05) is 39.3 Å². The van der Waals surface area contributed by atoms with E-state index < -0.39 is 0 Å². The van der Waals surface area contributed by atoms with Crippen LogP contribution in [-0.4, -0.2) is 55.0 Å². The molecule has 0 atom stereocenters. The minimum Gasteiger partial charge on any atom is -0.494 e. The predicted octanol–water partition coefficient (Wildman–Crippen LogP) is 2.01. The Kier molecular flexibility index (Phi) is 5.87. The third-order valence-electron chi connectivity index (χ3n) is 3.66. The van der Waals surface area contributed by atoms with Gasteiger partial charge in [0.1, 0.15) is 5.75 Å². The van der Waals surface area contributed by atoms with Crippen molar-refractivity contribution in [3.63, 3.8) is 0 Å². The van der Waals surface area contributed by atoms with Gasteiger partial charge in [-0.05, 0) is 31.5 Å². The molecule has 1 aliphatic heterocycles. The lowest BCUT2D eigenvalue weighted by Gasteiger charge is -2.21. The number of rotatable bonds is 5. The van der Waals surface area contributed by atoms with Gasteiger partial charge in [0, 0.05) is 33.1 Å². The van der Waals surface area contributed by atoms with Crippen molar-refractivity contribution >= 4 is 5.91 Å². The van der Waals surface area contributed by atoms with Crippen LogP contribution in [-0.2, 0) is 4.79 Å². The van der Waals surface area contributed by atoms with Crippen molar-refractivity contribution in [2.24, 2.45) is 0 Å². The predicted molar refractivity (Wildman–Crippen MR) is 79.9 cm³/mol. The monoisotopic (exact) mass is 276 g/mol. The van der Waals surface area contributed by atoms with Crippen LogP contribution in [0.1, 0.15) is 19.8 Å². The summed E-state index contributed by atoms with van der Waals surface area (Å²) in [5.74, 6) is 1.13. The summed E-state index contributed by atoms with van der Waals surface area (Å²) in [6, 6.07) is 9.93. The number of para-hydroxylation sites is 1. The van der Waals surface area contributed by atoms with Crippen LogP contribution in [0.25, 0.3) is 0 Å². The molecular formula is C16H24N2O2. The van der Waals surface area contributed by atoms with Crippen molar-refractivity contribution in [1.29, 1.82) is 0 Å². The highest BCUT2D eigenvalue weighted by Crippen LogP contribution is 2.09. The molecule has 4 heteroatoms. The fraction of sp³-hybridized carbons (Fsp3) is 0.562. The Morgan fingerprint density at radius 2 is 1.95 bits per heavy atom. The summed E-state index contributed by atoms with van der Waals surface area (Å²) in [5, 5.41) is 0.